The van der Waals surface area contributed by atoms with Gasteiger partial charge < -0.3 is 26.8 Å². The summed E-state index contributed by atoms with van der Waals surface area (Å²) in [6.45, 7) is 5.98. The summed E-state index contributed by atoms with van der Waals surface area (Å²) in [6.07, 6.45) is 20.5. The first kappa shape index (κ1) is 52.4. The normalized spacial score (nSPS) is 19.6. The van der Waals surface area contributed by atoms with Crippen LogP contribution in [-0.4, -0.2) is 119 Å². The fourth-order valence-corrected chi connectivity index (χ4v) is 9.48. The lowest BCUT2D eigenvalue weighted by Crippen LogP contribution is -2.76. The Bertz CT molecular complexity index is 871. The van der Waals surface area contributed by atoms with Gasteiger partial charge in [0.15, 0.2) is 5.71 Å². The minimum absolute atomic E-state index is 0. The van der Waals surface area contributed by atoms with Crippen molar-refractivity contribution in [3.05, 3.63) is 0 Å². The molecule has 0 aromatic heterocycles. The van der Waals surface area contributed by atoms with Gasteiger partial charge >= 0.3 is 5.90 Å². The molecule has 2 aliphatic rings. The molecule has 51 heavy (non-hydrogen) atoms. The Morgan fingerprint density at radius 3 is 1.53 bits per heavy atom. The predicted molar refractivity (Wildman–Crippen MR) is 230 cm³/mol. The summed E-state index contributed by atoms with van der Waals surface area (Å²) in [5.41, 5.74) is 23.6. The van der Waals surface area contributed by atoms with Crippen molar-refractivity contribution < 1.29 is 36.1 Å². The second-order valence-electron chi connectivity index (χ2n) is 13.1. The van der Waals surface area contributed by atoms with Crippen molar-refractivity contribution in [2.75, 3.05) is 69.2 Å². The molecule has 0 radical (unpaired) electrons. The highest BCUT2D eigenvalue weighted by molar-refractivity contribution is 8.04. The van der Waals surface area contributed by atoms with E-state index in [2.05, 4.69) is 34.9 Å². The predicted octanol–water partition coefficient (Wildman–Crippen LogP) is -1.50. The van der Waals surface area contributed by atoms with Crippen molar-refractivity contribution in [3.8, 4) is 0 Å². The van der Waals surface area contributed by atoms with E-state index in [0.717, 1.165) is 128 Å². The summed E-state index contributed by atoms with van der Waals surface area (Å²) in [4.78, 5) is 6.65. The van der Waals surface area contributed by atoms with Crippen LogP contribution in [0.1, 0.15) is 110 Å². The second-order valence-corrected chi connectivity index (χ2v) is 18.2. The van der Waals surface area contributed by atoms with E-state index in [1.807, 2.05) is 35.3 Å². The Kier molecular flexibility index (Phi) is 38.7. The maximum Gasteiger partial charge on any atom is 0.332 e. The van der Waals surface area contributed by atoms with Crippen LogP contribution < -0.4 is 43.7 Å². The van der Waals surface area contributed by atoms with E-state index in [0.29, 0.717) is 11.6 Å². The molecule has 0 aromatic rings. The van der Waals surface area contributed by atoms with Crippen LogP contribution in [0.5, 0.6) is 0 Å². The summed E-state index contributed by atoms with van der Waals surface area (Å²) in [7, 11) is 1.59. The molecule has 11 nitrogen and oxygen atoms in total. The Morgan fingerprint density at radius 2 is 1.14 bits per heavy atom. The SMILES string of the molecule is COC(=[NH2+])CCCCCCC(=[NH2+])CO.CSCC[NH+]=C(N)CCCCCCC(N)=[NH+]CCSC1CCC1C.NCCSC1CCC1SCCN.O. The summed E-state index contributed by atoms with van der Waals surface area (Å²) in [5.74, 6) is 7.94. The summed E-state index contributed by atoms with van der Waals surface area (Å²) in [5, 5.41) is 22.2. The lowest BCUT2D eigenvalue weighted by atomic mass is 9.87. The van der Waals surface area contributed by atoms with Crippen molar-refractivity contribution >= 4 is 70.3 Å². The Morgan fingerprint density at radius 1 is 0.686 bits per heavy atom. The van der Waals surface area contributed by atoms with Crippen molar-refractivity contribution in [2.45, 2.75) is 125 Å². The van der Waals surface area contributed by atoms with Crippen LogP contribution in [0, 0.1) is 5.92 Å². The number of rotatable bonds is 28. The third-order valence-electron chi connectivity index (χ3n) is 8.81. The highest BCUT2D eigenvalue weighted by Gasteiger charge is 2.30. The van der Waals surface area contributed by atoms with Gasteiger partial charge in [0, 0.05) is 71.1 Å². The van der Waals surface area contributed by atoms with Crippen molar-refractivity contribution in [1.29, 1.82) is 0 Å². The molecule has 4 atom stereocenters. The third kappa shape index (κ3) is 31.4. The number of hydrogen-bond donors (Lipinski definition) is 9. The molecule has 0 amide bonds. The van der Waals surface area contributed by atoms with Gasteiger partial charge in [-0.3, -0.25) is 26.9 Å². The van der Waals surface area contributed by atoms with E-state index in [9.17, 15) is 0 Å². The van der Waals surface area contributed by atoms with Crippen LogP contribution in [-0.2, 0) is 4.74 Å². The topological polar surface area (TPSA) is 244 Å². The molecule has 2 rings (SSSR count). The van der Waals surface area contributed by atoms with Gasteiger partial charge in [-0.15, -0.1) is 0 Å². The van der Waals surface area contributed by atoms with Crippen LogP contribution >= 0.6 is 47.0 Å². The standard InChI is InChI=1S/C18H36N4S2.C10H20N2O2.C8H18N2S2.H2O/c1-15-9-10-16(15)24-14-12-22-18(20)8-6-4-3-5-7-17(19)21-11-13-23-2;1-14-10(12)7-5-3-2-4-6-9(11)8-13;9-3-5-11-7-1-2-8(7)12-6-4-10;/h15-16H,3-14H2,1-2H3,(H2,19,21)(H2,20,22);11-13H,2-8H2,1H3;7-8H,1-6,9-10H2;1H2/p+4. The summed E-state index contributed by atoms with van der Waals surface area (Å²) in [6, 6.07) is 0. The number of aliphatic hydroxyl groups excluding tert-OH is 1. The zero-order valence-corrected chi connectivity index (χ0v) is 35.7. The monoisotopic (exact) mass is 801 g/mol. The van der Waals surface area contributed by atoms with E-state index < -0.39 is 0 Å². The molecule has 0 aliphatic heterocycles. The van der Waals surface area contributed by atoms with E-state index in [1.54, 1.807) is 7.11 Å². The number of unbranched alkanes of at least 4 members (excludes halogenated alkanes) is 6. The number of nitrogens with two attached hydrogens (primary N) is 6. The van der Waals surface area contributed by atoms with Gasteiger partial charge in [-0.25, -0.2) is 5.41 Å². The molecule has 2 fully saturated rings. The first-order valence-electron chi connectivity index (χ1n) is 19.0. The maximum absolute atomic E-state index is 8.64. The molecule has 17 N–H and O–H groups in total. The number of amidine groups is 2. The summed E-state index contributed by atoms with van der Waals surface area (Å²) < 4.78 is 4.85. The highest BCUT2D eigenvalue weighted by atomic mass is 32.2. The van der Waals surface area contributed by atoms with Gasteiger partial charge in [0.2, 0.25) is 11.7 Å². The zero-order valence-electron chi connectivity index (χ0n) is 32.4. The molecule has 2 saturated carbocycles. The Labute approximate surface area is 328 Å². The average molecular weight is 801 g/mol. The van der Waals surface area contributed by atoms with Gasteiger partial charge in [0.05, 0.1) is 26.6 Å². The average Bonchev–Trinajstić information content (AvgIpc) is 3.10. The summed E-state index contributed by atoms with van der Waals surface area (Å²) >= 11 is 8.02. The van der Waals surface area contributed by atoms with E-state index >= 15 is 0 Å². The Balaban J connectivity index is 0. The minimum atomic E-state index is 0. The van der Waals surface area contributed by atoms with E-state index in [1.165, 1.54) is 57.1 Å². The number of thioether (sulfide) groups is 4. The van der Waals surface area contributed by atoms with Gasteiger partial charge in [-0.1, -0.05) is 32.6 Å². The third-order valence-corrected chi connectivity index (χ3v) is 14.1. The van der Waals surface area contributed by atoms with Crippen LogP contribution in [0.2, 0.25) is 0 Å². The molecule has 0 bridgehead atoms. The van der Waals surface area contributed by atoms with Crippen LogP contribution in [0.25, 0.3) is 0 Å². The second kappa shape index (κ2) is 37.6. The van der Waals surface area contributed by atoms with Crippen molar-refractivity contribution in [1.82, 2.24) is 0 Å². The minimum Gasteiger partial charge on any atom is -0.451 e. The first-order chi connectivity index (χ1) is 24.2. The molecule has 0 spiro atoms. The highest BCUT2D eigenvalue weighted by Crippen LogP contribution is 2.39. The molecule has 0 saturated heterocycles. The number of ether oxygens (including phenoxy) is 1. The number of aliphatic hydroxyl groups is 1. The molecule has 0 aromatic carbocycles. The smallest absolute Gasteiger partial charge is 0.332 e. The molecule has 15 heteroatoms. The lowest BCUT2D eigenvalue weighted by Gasteiger charge is -2.35. The number of nitrogens with one attached hydrogen (secondary N) is 2. The largest absolute Gasteiger partial charge is 0.451 e. The van der Waals surface area contributed by atoms with E-state index in [-0.39, 0.29) is 12.1 Å². The lowest BCUT2D eigenvalue weighted by molar-refractivity contribution is -0.453. The fraction of sp³-hybridized carbons (Fsp3) is 0.889. The van der Waals surface area contributed by atoms with Gasteiger partial charge in [0.1, 0.15) is 6.61 Å². The van der Waals surface area contributed by atoms with Gasteiger partial charge in [-0.2, -0.15) is 47.0 Å². The van der Waals surface area contributed by atoms with Gasteiger partial charge in [-0.05, 0) is 63.5 Å². The van der Waals surface area contributed by atoms with Crippen LogP contribution in [0.3, 0.4) is 0 Å². The van der Waals surface area contributed by atoms with Crippen LogP contribution in [0.15, 0.2) is 0 Å². The van der Waals surface area contributed by atoms with Gasteiger partial charge in [0.25, 0.3) is 0 Å². The van der Waals surface area contributed by atoms with Crippen molar-refractivity contribution in [3.63, 3.8) is 0 Å². The molecular weight excluding hydrogens is 721 g/mol. The molecule has 2 aliphatic carbocycles. The molecule has 0 heterocycles. The maximum atomic E-state index is 8.64. The number of hydrogen-bond acceptors (Lipinski definition) is 8. The van der Waals surface area contributed by atoms with E-state index in [4.69, 9.17) is 43.6 Å². The Hall–Kier alpha value is -0.680. The first-order valence-corrected chi connectivity index (χ1v) is 23.6. The zero-order chi connectivity index (χ0) is 37.2. The fourth-order valence-electron chi connectivity index (χ4n) is 5.23. The quantitative estimate of drug-likeness (QED) is 0.0252. The number of methoxy groups -OCH3 is 1. The molecule has 4 unspecified atom stereocenters. The molecule has 302 valence electrons. The van der Waals surface area contributed by atoms with Crippen molar-refractivity contribution in [2.24, 2.45) is 28.9 Å². The molecular formula is C36H80N8O3S4+4. The van der Waals surface area contributed by atoms with Crippen LogP contribution in [0.4, 0.5) is 0 Å².